The van der Waals surface area contributed by atoms with Crippen molar-refractivity contribution in [3.63, 3.8) is 0 Å². The highest BCUT2D eigenvalue weighted by molar-refractivity contribution is 9.10. The molecule has 0 fully saturated rings. The van der Waals surface area contributed by atoms with E-state index in [9.17, 15) is 8.78 Å². The summed E-state index contributed by atoms with van der Waals surface area (Å²) in [7, 11) is 0. The van der Waals surface area contributed by atoms with Crippen LogP contribution >= 0.6 is 15.9 Å². The second kappa shape index (κ2) is 6.10. The number of aromatic nitrogens is 1. The minimum atomic E-state index is -0.548. The molecule has 0 bridgehead atoms. The fourth-order valence-electron chi connectivity index (χ4n) is 1.81. The Labute approximate surface area is 119 Å². The number of benzene rings is 1. The Morgan fingerprint density at radius 1 is 1.16 bits per heavy atom. The van der Waals surface area contributed by atoms with Crippen LogP contribution in [0.2, 0.25) is 0 Å². The topological polar surface area (TPSA) is 24.9 Å². The van der Waals surface area contributed by atoms with E-state index in [0.29, 0.717) is 18.5 Å². The van der Waals surface area contributed by atoms with E-state index in [1.165, 1.54) is 12.1 Å². The summed E-state index contributed by atoms with van der Waals surface area (Å²) < 4.78 is 26.9. The number of rotatable bonds is 4. The van der Waals surface area contributed by atoms with Crippen molar-refractivity contribution in [3.8, 4) is 0 Å². The van der Waals surface area contributed by atoms with Gasteiger partial charge in [0.2, 0.25) is 0 Å². The maximum absolute atomic E-state index is 13.0. The maximum atomic E-state index is 13.0. The van der Waals surface area contributed by atoms with Crippen LogP contribution in [0, 0.1) is 18.6 Å². The highest BCUT2D eigenvalue weighted by Crippen LogP contribution is 2.17. The summed E-state index contributed by atoms with van der Waals surface area (Å²) in [5.74, 6) is -0.319. The molecule has 1 N–H and O–H groups in total. The molecule has 0 unspecified atom stereocenters. The van der Waals surface area contributed by atoms with Gasteiger partial charge in [0.15, 0.2) is 0 Å². The van der Waals surface area contributed by atoms with Gasteiger partial charge in [0.25, 0.3) is 0 Å². The number of aryl methyl sites for hydroxylation is 1. The molecular formula is C14H13BrF2N2. The van der Waals surface area contributed by atoms with Crippen molar-refractivity contribution in [1.82, 2.24) is 4.98 Å². The van der Waals surface area contributed by atoms with E-state index in [-0.39, 0.29) is 0 Å². The third-order valence-corrected chi connectivity index (χ3v) is 3.11. The molecule has 0 saturated carbocycles. The minimum Gasteiger partial charge on any atom is -0.370 e. The van der Waals surface area contributed by atoms with Crippen molar-refractivity contribution in [1.29, 1.82) is 0 Å². The molecule has 0 aliphatic rings. The van der Waals surface area contributed by atoms with Gasteiger partial charge >= 0.3 is 0 Å². The smallest absolute Gasteiger partial charge is 0.128 e. The van der Waals surface area contributed by atoms with Crippen molar-refractivity contribution in [2.24, 2.45) is 0 Å². The lowest BCUT2D eigenvalue weighted by Gasteiger charge is -2.09. The van der Waals surface area contributed by atoms with Gasteiger partial charge in [-0.2, -0.15) is 0 Å². The van der Waals surface area contributed by atoms with Crippen molar-refractivity contribution in [2.45, 2.75) is 13.3 Å². The molecule has 1 heterocycles. The van der Waals surface area contributed by atoms with Gasteiger partial charge in [-0.3, -0.25) is 0 Å². The van der Waals surface area contributed by atoms with E-state index in [2.05, 4.69) is 26.2 Å². The first-order valence-corrected chi connectivity index (χ1v) is 6.65. The lowest BCUT2D eigenvalue weighted by molar-refractivity contribution is 0.580. The van der Waals surface area contributed by atoms with E-state index in [0.717, 1.165) is 21.9 Å². The number of nitrogens with zero attached hydrogens (tertiary/aromatic N) is 1. The molecule has 0 aliphatic carbocycles. The quantitative estimate of drug-likeness (QED) is 0.915. The van der Waals surface area contributed by atoms with Gasteiger partial charge in [0.1, 0.15) is 17.5 Å². The number of halogens is 3. The number of hydrogen-bond donors (Lipinski definition) is 1. The van der Waals surface area contributed by atoms with Crippen LogP contribution in [0.15, 0.2) is 34.9 Å². The van der Waals surface area contributed by atoms with Gasteiger partial charge in [0.05, 0.1) is 0 Å². The third-order valence-electron chi connectivity index (χ3n) is 2.67. The largest absolute Gasteiger partial charge is 0.370 e. The molecule has 19 heavy (non-hydrogen) atoms. The van der Waals surface area contributed by atoms with Crippen LogP contribution in [0.25, 0.3) is 0 Å². The Bertz CT molecular complexity index is 567. The molecule has 0 aliphatic heterocycles. The second-order valence-corrected chi connectivity index (χ2v) is 5.19. The van der Waals surface area contributed by atoms with E-state index in [4.69, 9.17) is 0 Å². The van der Waals surface area contributed by atoms with Crippen LogP contribution in [-0.4, -0.2) is 11.5 Å². The zero-order valence-electron chi connectivity index (χ0n) is 10.4. The molecule has 0 saturated heterocycles. The van der Waals surface area contributed by atoms with Gasteiger partial charge in [-0.1, -0.05) is 0 Å². The minimum absolute atomic E-state index is 0.534. The average Bonchev–Trinajstić information content (AvgIpc) is 2.30. The van der Waals surface area contributed by atoms with E-state index in [1.54, 1.807) is 6.20 Å². The van der Waals surface area contributed by atoms with Crippen LogP contribution < -0.4 is 5.32 Å². The fourth-order valence-corrected chi connectivity index (χ4v) is 2.25. The van der Waals surface area contributed by atoms with Gasteiger partial charge < -0.3 is 5.32 Å². The Hall–Kier alpha value is -1.49. The van der Waals surface area contributed by atoms with E-state index < -0.39 is 11.6 Å². The summed E-state index contributed by atoms with van der Waals surface area (Å²) in [5.41, 5.74) is 1.64. The number of pyridine rings is 1. The first-order chi connectivity index (χ1) is 9.04. The normalized spacial score (nSPS) is 10.5. The lowest BCUT2D eigenvalue weighted by atomic mass is 10.1. The molecule has 2 rings (SSSR count). The first-order valence-electron chi connectivity index (χ1n) is 5.85. The summed E-state index contributed by atoms with van der Waals surface area (Å²) in [5, 5.41) is 3.15. The highest BCUT2D eigenvalue weighted by Gasteiger charge is 2.02. The summed E-state index contributed by atoms with van der Waals surface area (Å²) in [6, 6.07) is 5.51. The SMILES string of the molecule is Cc1cc(Br)cnc1NCCc1cc(F)cc(F)c1. The molecular weight excluding hydrogens is 314 g/mol. The van der Waals surface area contributed by atoms with Gasteiger partial charge in [-0.25, -0.2) is 13.8 Å². The van der Waals surface area contributed by atoms with Crippen LogP contribution in [0.1, 0.15) is 11.1 Å². The molecule has 1 aromatic carbocycles. The van der Waals surface area contributed by atoms with Gasteiger partial charge in [0, 0.05) is 23.3 Å². The Kier molecular flexibility index (Phi) is 4.47. The number of nitrogens with one attached hydrogen (secondary N) is 1. The van der Waals surface area contributed by atoms with Crippen LogP contribution in [0.5, 0.6) is 0 Å². The first kappa shape index (κ1) is 13.9. The molecule has 1 aromatic heterocycles. The Morgan fingerprint density at radius 3 is 2.47 bits per heavy atom. The maximum Gasteiger partial charge on any atom is 0.128 e. The summed E-state index contributed by atoms with van der Waals surface area (Å²) in [6.07, 6.45) is 2.24. The zero-order chi connectivity index (χ0) is 13.8. The predicted molar refractivity (Wildman–Crippen MR) is 75.2 cm³/mol. The standard InChI is InChI=1S/C14H13BrF2N2/c1-9-4-11(15)8-19-14(9)18-3-2-10-5-12(16)7-13(17)6-10/h4-8H,2-3H2,1H3,(H,18,19). The van der Waals surface area contributed by atoms with Crippen LogP contribution in [-0.2, 0) is 6.42 Å². The predicted octanol–water partition coefficient (Wildman–Crippen LogP) is 4.09. The van der Waals surface area contributed by atoms with Crippen molar-refractivity contribution >= 4 is 21.7 Å². The zero-order valence-corrected chi connectivity index (χ0v) is 12.0. The summed E-state index contributed by atoms with van der Waals surface area (Å²) in [6.45, 7) is 2.51. The Balaban J connectivity index is 1.96. The van der Waals surface area contributed by atoms with Gasteiger partial charge in [-0.05, 0) is 58.6 Å². The van der Waals surface area contributed by atoms with Crippen LogP contribution in [0.4, 0.5) is 14.6 Å². The van der Waals surface area contributed by atoms with E-state index >= 15 is 0 Å². The molecule has 100 valence electrons. The highest BCUT2D eigenvalue weighted by atomic mass is 79.9. The van der Waals surface area contributed by atoms with Crippen molar-refractivity contribution in [2.75, 3.05) is 11.9 Å². The molecule has 2 nitrogen and oxygen atoms in total. The van der Waals surface area contributed by atoms with Crippen molar-refractivity contribution < 1.29 is 8.78 Å². The molecule has 0 amide bonds. The summed E-state index contributed by atoms with van der Waals surface area (Å²) >= 11 is 3.34. The molecule has 5 heteroatoms. The third kappa shape index (κ3) is 3.99. The monoisotopic (exact) mass is 326 g/mol. The summed E-state index contributed by atoms with van der Waals surface area (Å²) in [4.78, 5) is 4.24. The van der Waals surface area contributed by atoms with E-state index in [1.807, 2.05) is 13.0 Å². The lowest BCUT2D eigenvalue weighted by Crippen LogP contribution is -2.08. The molecule has 0 radical (unpaired) electrons. The fraction of sp³-hybridized carbons (Fsp3) is 0.214. The van der Waals surface area contributed by atoms with Crippen molar-refractivity contribution in [3.05, 3.63) is 57.7 Å². The average molecular weight is 327 g/mol. The van der Waals surface area contributed by atoms with Gasteiger partial charge in [-0.15, -0.1) is 0 Å². The molecule has 0 atom stereocenters. The Morgan fingerprint density at radius 2 is 1.84 bits per heavy atom. The second-order valence-electron chi connectivity index (χ2n) is 4.27. The number of hydrogen-bond acceptors (Lipinski definition) is 2. The molecule has 2 aromatic rings. The van der Waals surface area contributed by atoms with Crippen LogP contribution in [0.3, 0.4) is 0 Å². The molecule has 0 spiro atoms. The number of anilines is 1.